The second-order valence-electron chi connectivity index (χ2n) is 19.3. The van der Waals surface area contributed by atoms with Gasteiger partial charge in [-0.1, -0.05) is 18.1 Å². The third-order valence-electron chi connectivity index (χ3n) is 14.5. The lowest BCUT2D eigenvalue weighted by Gasteiger charge is -2.35. The van der Waals surface area contributed by atoms with Crippen molar-refractivity contribution in [3.05, 3.63) is 145 Å². The Morgan fingerprint density at radius 1 is 0.970 bits per heavy atom. The predicted octanol–water partition coefficient (Wildman–Crippen LogP) is 7.36. The lowest BCUT2D eigenvalue weighted by atomic mass is 9.84. The van der Waals surface area contributed by atoms with Gasteiger partial charge >= 0.3 is 11.4 Å². The van der Waals surface area contributed by atoms with Crippen molar-refractivity contribution in [2.24, 2.45) is 18.9 Å². The van der Waals surface area contributed by atoms with Crippen LogP contribution in [0, 0.1) is 37.3 Å². The number of amides is 1. The van der Waals surface area contributed by atoms with Gasteiger partial charge in [0, 0.05) is 62.5 Å². The van der Waals surface area contributed by atoms with E-state index in [1.54, 1.807) is 65.6 Å². The van der Waals surface area contributed by atoms with Crippen LogP contribution in [0.15, 0.2) is 81.5 Å². The van der Waals surface area contributed by atoms with Crippen molar-refractivity contribution >= 4 is 22.3 Å². The number of halogens is 2. The highest BCUT2D eigenvalue weighted by molar-refractivity contribution is 5.99. The van der Waals surface area contributed by atoms with Crippen molar-refractivity contribution in [2.75, 3.05) is 13.2 Å². The van der Waals surface area contributed by atoms with Crippen LogP contribution in [0.3, 0.4) is 0 Å². The van der Waals surface area contributed by atoms with Gasteiger partial charge in [0.05, 0.1) is 62.3 Å². The van der Waals surface area contributed by atoms with Gasteiger partial charge in [-0.2, -0.15) is 10.2 Å². The van der Waals surface area contributed by atoms with Crippen molar-refractivity contribution in [1.29, 1.82) is 0 Å². The fraction of sp³-hybridized carbons (Fsp3) is 0.388. The number of carbonyl (C=O) groups is 1. The zero-order valence-corrected chi connectivity index (χ0v) is 37.9. The molecule has 0 unspecified atom stereocenters. The minimum atomic E-state index is -0.791. The van der Waals surface area contributed by atoms with E-state index in [9.17, 15) is 9.59 Å². The topological polar surface area (TPSA) is 155 Å². The fourth-order valence-electron chi connectivity index (χ4n) is 11.1. The molecule has 8 heterocycles. The summed E-state index contributed by atoms with van der Waals surface area (Å²) in [5.74, 6) is -0.668. The van der Waals surface area contributed by atoms with Gasteiger partial charge in [0.1, 0.15) is 11.6 Å². The van der Waals surface area contributed by atoms with Crippen molar-refractivity contribution in [2.45, 2.75) is 90.7 Å². The summed E-state index contributed by atoms with van der Waals surface area (Å²) in [6, 6.07) is 10.2. The number of aryl methyl sites for hydroxylation is 3. The Kier molecular flexibility index (Phi) is 9.39. The Bertz CT molecular complexity index is 3390. The molecule has 0 radical (unpaired) electrons. The second kappa shape index (κ2) is 14.8. The molecule has 340 valence electrons. The molecule has 6 aromatic heterocycles. The van der Waals surface area contributed by atoms with Crippen LogP contribution in [0.1, 0.15) is 103 Å². The fourth-order valence-corrected chi connectivity index (χ4v) is 11.1. The molecular formula is C49H50F2N10O5. The Morgan fingerprint density at radius 2 is 1.71 bits per heavy atom. The molecule has 2 aliphatic heterocycles. The Balaban J connectivity index is 1.04. The number of carbonyl (C=O) groups excluding carboxylic acids is 1. The molecule has 17 heteroatoms. The first-order valence-electron chi connectivity index (χ1n) is 22.5. The smallest absolute Gasteiger partial charge is 0.376 e. The summed E-state index contributed by atoms with van der Waals surface area (Å²) in [5.41, 5.74) is 4.86. The first kappa shape index (κ1) is 41.8. The normalized spacial score (nSPS) is 21.5. The summed E-state index contributed by atoms with van der Waals surface area (Å²) in [5, 5.41) is 13.7. The molecule has 15 nitrogen and oxygen atoms in total. The maximum Gasteiger partial charge on any atom is 0.438 e. The molecule has 1 N–H and O–H groups in total. The molecule has 0 bridgehead atoms. The number of nitrogens with zero attached hydrogens (tertiary/aromatic N) is 9. The molecule has 66 heavy (non-hydrogen) atoms. The number of benzene rings is 2. The number of ether oxygens (including phenoxy) is 1. The van der Waals surface area contributed by atoms with Crippen LogP contribution in [0.2, 0.25) is 0 Å². The number of hydrogen-bond acceptors (Lipinski definition) is 8. The minimum Gasteiger partial charge on any atom is -0.376 e. The standard InChI is InChI=1S/C49H50F2N10O5/c1-26-18-32(19-27(2)41(26)50)61-43(60-16-15-59(47(60)64)38-11-10-36-33(42(38)51)23-52-56(36)7)39-29(4)58(14-12-35(39)54-61)44(62)34-25-57-24-31(20-30-13-17-65-48(5,6)22-30)8-9-37(57)40(34)49(21-28(49)3)45-53-46(63)66-55-45/h8-11,15-16,18-19,23-25,28-30H,12-14,17,20-22H2,1-7H3,(H,53,55,63)/t28-,29-,30+,49-/m0/s1. The second-order valence-corrected chi connectivity index (χ2v) is 19.3. The Labute approximate surface area is 377 Å². The molecule has 1 amide bonds. The van der Waals surface area contributed by atoms with Crippen molar-refractivity contribution < 1.29 is 22.8 Å². The number of fused-ring (bicyclic) bond motifs is 3. The van der Waals surface area contributed by atoms with Crippen LogP contribution in [0.5, 0.6) is 0 Å². The summed E-state index contributed by atoms with van der Waals surface area (Å²) in [4.78, 5) is 47.3. The monoisotopic (exact) mass is 896 g/mol. The predicted molar refractivity (Wildman–Crippen MR) is 241 cm³/mol. The number of imidazole rings is 1. The number of H-pyrrole nitrogens is 1. The molecule has 1 saturated heterocycles. The lowest BCUT2D eigenvalue weighted by molar-refractivity contribution is -0.0721. The third kappa shape index (κ3) is 6.36. The number of hydrogen-bond donors (Lipinski definition) is 1. The first-order valence-corrected chi connectivity index (χ1v) is 22.5. The molecule has 3 aliphatic rings. The average Bonchev–Trinajstić information content (AvgIpc) is 3.90. The number of rotatable bonds is 8. The minimum absolute atomic E-state index is 0.0256. The molecule has 1 aliphatic carbocycles. The summed E-state index contributed by atoms with van der Waals surface area (Å²) in [6.45, 7) is 12.6. The highest BCUT2D eigenvalue weighted by atomic mass is 19.1. The molecule has 1 saturated carbocycles. The van der Waals surface area contributed by atoms with E-state index in [2.05, 4.69) is 54.3 Å². The van der Waals surface area contributed by atoms with Crippen LogP contribution < -0.4 is 11.4 Å². The SMILES string of the molecule is Cc1cc(-n2nc3c(c2-n2ccn(-c4ccc5c(cnn5C)c4F)c2=O)[C@H](C)N(C(=O)c2cn4cc(C[C@H]5CCOC(C)(C)C5)ccc4c2[C@]2(c4noc(=O)[nH]4)C[C@@H]2C)CC3)cc(C)c1F. The van der Waals surface area contributed by atoms with E-state index in [1.165, 1.54) is 21.5 Å². The quantitative estimate of drug-likeness (QED) is 0.166. The van der Waals surface area contributed by atoms with Gasteiger partial charge in [-0.25, -0.2) is 23.1 Å². The summed E-state index contributed by atoms with van der Waals surface area (Å²) in [7, 11) is 1.72. The summed E-state index contributed by atoms with van der Waals surface area (Å²) in [6.07, 6.45) is 12.2. The van der Waals surface area contributed by atoms with E-state index in [1.807, 2.05) is 17.5 Å². The first-order chi connectivity index (χ1) is 31.5. The molecule has 11 rings (SSSR count). The number of nitrogens with one attached hydrogen (secondary N) is 1. The van der Waals surface area contributed by atoms with Gasteiger partial charge in [0.15, 0.2) is 11.6 Å². The highest BCUT2D eigenvalue weighted by Gasteiger charge is 2.59. The maximum absolute atomic E-state index is 16.1. The number of pyridine rings is 1. The summed E-state index contributed by atoms with van der Waals surface area (Å²) < 4.78 is 50.2. The van der Waals surface area contributed by atoms with E-state index in [0.29, 0.717) is 82.7 Å². The summed E-state index contributed by atoms with van der Waals surface area (Å²) >= 11 is 0. The third-order valence-corrected chi connectivity index (χ3v) is 14.5. The van der Waals surface area contributed by atoms with Gasteiger partial charge in [0.2, 0.25) is 0 Å². The van der Waals surface area contributed by atoms with Crippen LogP contribution >= 0.6 is 0 Å². The Morgan fingerprint density at radius 3 is 2.42 bits per heavy atom. The largest absolute Gasteiger partial charge is 0.438 e. The Hall–Kier alpha value is -6.88. The van der Waals surface area contributed by atoms with Crippen LogP contribution in [-0.4, -0.2) is 72.8 Å². The molecule has 4 atom stereocenters. The molecule has 2 aromatic carbocycles. The average molecular weight is 897 g/mol. The van der Waals surface area contributed by atoms with Crippen LogP contribution in [0.25, 0.3) is 33.6 Å². The van der Waals surface area contributed by atoms with Crippen molar-refractivity contribution in [3.8, 4) is 17.2 Å². The lowest BCUT2D eigenvalue weighted by Crippen LogP contribution is -2.40. The van der Waals surface area contributed by atoms with E-state index in [4.69, 9.17) is 14.4 Å². The van der Waals surface area contributed by atoms with E-state index in [0.717, 1.165) is 35.9 Å². The van der Waals surface area contributed by atoms with E-state index < -0.39 is 28.7 Å². The molecule has 0 spiro atoms. The number of aromatic amines is 1. The number of aromatic nitrogens is 9. The highest BCUT2D eigenvalue weighted by Crippen LogP contribution is 2.60. The van der Waals surface area contributed by atoms with Gasteiger partial charge in [-0.15, -0.1) is 0 Å². The van der Waals surface area contributed by atoms with E-state index in [-0.39, 0.29) is 34.3 Å². The van der Waals surface area contributed by atoms with Gasteiger partial charge in [-0.3, -0.25) is 28.1 Å². The molecule has 8 aromatic rings. The van der Waals surface area contributed by atoms with Gasteiger partial charge < -0.3 is 14.0 Å². The van der Waals surface area contributed by atoms with Crippen LogP contribution in [0.4, 0.5) is 8.78 Å². The van der Waals surface area contributed by atoms with E-state index >= 15 is 13.6 Å². The zero-order valence-electron chi connectivity index (χ0n) is 37.9. The molecule has 2 fully saturated rings. The zero-order chi connectivity index (χ0) is 46.1. The van der Waals surface area contributed by atoms with Crippen molar-refractivity contribution in [3.63, 3.8) is 0 Å². The van der Waals surface area contributed by atoms with Crippen LogP contribution in [-0.2, 0) is 30.0 Å². The molecular weight excluding hydrogens is 847 g/mol. The van der Waals surface area contributed by atoms with Gasteiger partial charge in [0.25, 0.3) is 5.91 Å². The van der Waals surface area contributed by atoms with Gasteiger partial charge in [-0.05, 0) is 119 Å². The van der Waals surface area contributed by atoms with Crippen molar-refractivity contribution in [1.82, 2.24) is 48.1 Å². The maximum atomic E-state index is 16.1.